The molecule has 0 saturated carbocycles. The largest absolute Gasteiger partial charge is 0.493 e. The molecule has 0 aliphatic carbocycles. The Bertz CT molecular complexity index is 511. The number of nitrogens with one attached hydrogen (secondary N) is 1. The van der Waals surface area contributed by atoms with Crippen molar-refractivity contribution in [1.82, 2.24) is 5.32 Å². The second-order valence-electron chi connectivity index (χ2n) is 3.74. The summed E-state index contributed by atoms with van der Waals surface area (Å²) in [6.07, 6.45) is 2.76. The van der Waals surface area contributed by atoms with Crippen LogP contribution >= 0.6 is 24.0 Å². The van der Waals surface area contributed by atoms with Gasteiger partial charge in [-0.15, -0.1) is 0 Å². The van der Waals surface area contributed by atoms with Crippen molar-refractivity contribution in [2.45, 2.75) is 13.3 Å². The van der Waals surface area contributed by atoms with Crippen molar-refractivity contribution in [2.75, 3.05) is 6.61 Å². The van der Waals surface area contributed by atoms with Gasteiger partial charge in [-0.3, -0.25) is 4.79 Å². The maximum Gasteiger partial charge on any atom is 0.263 e. The van der Waals surface area contributed by atoms with Gasteiger partial charge in [0.05, 0.1) is 11.5 Å². The molecule has 1 aromatic rings. The monoisotopic (exact) mass is 279 g/mol. The fourth-order valence-electron chi connectivity index (χ4n) is 1.51. The second-order valence-corrected chi connectivity index (χ2v) is 5.46. The minimum atomic E-state index is -0.143. The van der Waals surface area contributed by atoms with E-state index in [-0.39, 0.29) is 5.91 Å². The Balaban J connectivity index is 2.25. The number of rotatable bonds is 4. The van der Waals surface area contributed by atoms with E-state index in [9.17, 15) is 4.79 Å². The summed E-state index contributed by atoms with van der Waals surface area (Å²) in [5, 5.41) is 2.60. The maximum atomic E-state index is 11.6. The molecule has 0 atom stereocenters. The third-order valence-electron chi connectivity index (χ3n) is 2.31. The zero-order valence-corrected chi connectivity index (χ0v) is 11.6. The van der Waals surface area contributed by atoms with Crippen LogP contribution in [0, 0.1) is 0 Å². The number of carbonyl (C=O) groups excluding carboxylic acids is 1. The summed E-state index contributed by atoms with van der Waals surface area (Å²) >= 11 is 6.23. The average molecular weight is 279 g/mol. The lowest BCUT2D eigenvalue weighted by molar-refractivity contribution is -0.115. The zero-order chi connectivity index (χ0) is 13.0. The first-order chi connectivity index (χ1) is 8.70. The number of thiocarbonyl (C=S) groups is 1. The van der Waals surface area contributed by atoms with Gasteiger partial charge in [0.1, 0.15) is 10.1 Å². The SMILES string of the molecule is CCCOc1ccccc1/C=C1\SC(=S)NC1=O. The molecule has 0 spiro atoms. The lowest BCUT2D eigenvalue weighted by atomic mass is 10.2. The Kier molecular flexibility index (Phi) is 4.38. The Labute approximate surface area is 116 Å². The van der Waals surface area contributed by atoms with Gasteiger partial charge < -0.3 is 10.1 Å². The third kappa shape index (κ3) is 3.11. The smallest absolute Gasteiger partial charge is 0.263 e. The first-order valence-corrected chi connectivity index (χ1v) is 6.90. The van der Waals surface area contributed by atoms with Crippen molar-refractivity contribution < 1.29 is 9.53 Å². The number of amides is 1. The van der Waals surface area contributed by atoms with E-state index >= 15 is 0 Å². The Morgan fingerprint density at radius 1 is 1.44 bits per heavy atom. The van der Waals surface area contributed by atoms with Crippen LogP contribution in [0.5, 0.6) is 5.75 Å². The number of ether oxygens (including phenoxy) is 1. The van der Waals surface area contributed by atoms with Crippen molar-refractivity contribution in [3.63, 3.8) is 0 Å². The summed E-state index contributed by atoms with van der Waals surface area (Å²) in [5.41, 5.74) is 0.897. The van der Waals surface area contributed by atoms with Crippen LogP contribution in [0.15, 0.2) is 29.2 Å². The molecule has 1 amide bonds. The number of thioether (sulfide) groups is 1. The fraction of sp³-hybridized carbons (Fsp3) is 0.231. The highest BCUT2D eigenvalue weighted by molar-refractivity contribution is 8.26. The van der Waals surface area contributed by atoms with E-state index in [1.807, 2.05) is 30.3 Å². The predicted octanol–water partition coefficient (Wildman–Crippen LogP) is 2.96. The van der Waals surface area contributed by atoms with Crippen molar-refractivity contribution in [2.24, 2.45) is 0 Å². The van der Waals surface area contributed by atoms with Crippen LogP contribution in [0.1, 0.15) is 18.9 Å². The Morgan fingerprint density at radius 2 is 2.22 bits per heavy atom. The Hall–Kier alpha value is -1.33. The molecule has 18 heavy (non-hydrogen) atoms. The van der Waals surface area contributed by atoms with Crippen molar-refractivity contribution in [3.05, 3.63) is 34.7 Å². The number of hydrogen-bond donors (Lipinski definition) is 1. The molecule has 5 heteroatoms. The van der Waals surface area contributed by atoms with Crippen LogP contribution < -0.4 is 10.1 Å². The molecule has 0 radical (unpaired) electrons. The number of benzene rings is 1. The molecule has 1 aliphatic heterocycles. The molecule has 0 bridgehead atoms. The van der Waals surface area contributed by atoms with Gasteiger partial charge in [0.25, 0.3) is 5.91 Å². The fourth-order valence-corrected chi connectivity index (χ4v) is 2.54. The molecule has 1 saturated heterocycles. The van der Waals surface area contributed by atoms with Crippen LogP contribution in [-0.4, -0.2) is 16.8 Å². The quantitative estimate of drug-likeness (QED) is 0.679. The van der Waals surface area contributed by atoms with Crippen molar-refractivity contribution >= 4 is 40.3 Å². The summed E-state index contributed by atoms with van der Waals surface area (Å²) in [6.45, 7) is 2.72. The summed E-state index contributed by atoms with van der Waals surface area (Å²) in [6, 6.07) is 7.66. The molecule has 2 rings (SSSR count). The van der Waals surface area contributed by atoms with Gasteiger partial charge in [-0.1, -0.05) is 49.1 Å². The highest BCUT2D eigenvalue weighted by atomic mass is 32.2. The molecule has 1 fully saturated rings. The van der Waals surface area contributed by atoms with Crippen LogP contribution in [0.3, 0.4) is 0 Å². The Morgan fingerprint density at radius 3 is 2.89 bits per heavy atom. The van der Waals surface area contributed by atoms with Crippen LogP contribution in [0.2, 0.25) is 0 Å². The standard InChI is InChI=1S/C13H13NO2S2/c1-2-7-16-10-6-4-3-5-9(10)8-11-12(15)14-13(17)18-11/h3-6,8H,2,7H2,1H3,(H,14,15,17)/b11-8-. The molecular weight excluding hydrogens is 266 g/mol. The first-order valence-electron chi connectivity index (χ1n) is 5.67. The van der Waals surface area contributed by atoms with E-state index in [0.29, 0.717) is 15.8 Å². The molecule has 0 unspecified atom stereocenters. The van der Waals surface area contributed by atoms with E-state index in [4.69, 9.17) is 17.0 Å². The lowest BCUT2D eigenvalue weighted by Gasteiger charge is -2.07. The van der Waals surface area contributed by atoms with Crippen LogP contribution in [0.25, 0.3) is 6.08 Å². The summed E-state index contributed by atoms with van der Waals surface area (Å²) < 4.78 is 6.14. The topological polar surface area (TPSA) is 38.3 Å². The number of hydrogen-bond acceptors (Lipinski definition) is 4. The summed E-state index contributed by atoms with van der Waals surface area (Å²) in [5.74, 6) is 0.647. The molecule has 0 aromatic heterocycles. The molecular formula is C13H13NO2S2. The van der Waals surface area contributed by atoms with Gasteiger partial charge in [-0.2, -0.15) is 0 Å². The van der Waals surface area contributed by atoms with Gasteiger partial charge in [0, 0.05) is 5.56 Å². The molecule has 3 nitrogen and oxygen atoms in total. The minimum Gasteiger partial charge on any atom is -0.493 e. The average Bonchev–Trinajstić information content (AvgIpc) is 2.67. The summed E-state index contributed by atoms with van der Waals surface area (Å²) in [4.78, 5) is 12.2. The normalized spacial score (nSPS) is 17.1. The number of carbonyl (C=O) groups is 1. The zero-order valence-electron chi connectivity index (χ0n) is 9.93. The molecule has 1 aromatic carbocycles. The van der Waals surface area contributed by atoms with E-state index in [1.165, 1.54) is 11.8 Å². The van der Waals surface area contributed by atoms with E-state index in [0.717, 1.165) is 17.7 Å². The number of para-hydroxylation sites is 1. The minimum absolute atomic E-state index is 0.143. The van der Waals surface area contributed by atoms with Gasteiger partial charge in [-0.05, 0) is 18.6 Å². The maximum absolute atomic E-state index is 11.6. The van der Waals surface area contributed by atoms with Crippen molar-refractivity contribution in [1.29, 1.82) is 0 Å². The van der Waals surface area contributed by atoms with Gasteiger partial charge in [0.15, 0.2) is 0 Å². The highest BCUT2D eigenvalue weighted by Gasteiger charge is 2.22. The highest BCUT2D eigenvalue weighted by Crippen LogP contribution is 2.29. The molecule has 1 heterocycles. The van der Waals surface area contributed by atoms with Gasteiger partial charge >= 0.3 is 0 Å². The van der Waals surface area contributed by atoms with Gasteiger partial charge in [-0.25, -0.2) is 0 Å². The third-order valence-corrected chi connectivity index (χ3v) is 3.47. The van der Waals surface area contributed by atoms with E-state index in [2.05, 4.69) is 12.2 Å². The van der Waals surface area contributed by atoms with E-state index < -0.39 is 0 Å². The second kappa shape index (κ2) is 6.02. The van der Waals surface area contributed by atoms with Gasteiger partial charge in [0.2, 0.25) is 0 Å². The molecule has 1 aliphatic rings. The van der Waals surface area contributed by atoms with Crippen molar-refractivity contribution in [3.8, 4) is 5.75 Å². The molecule has 94 valence electrons. The lowest BCUT2D eigenvalue weighted by Crippen LogP contribution is -2.17. The van der Waals surface area contributed by atoms with Crippen LogP contribution in [0.4, 0.5) is 0 Å². The predicted molar refractivity (Wildman–Crippen MR) is 78.5 cm³/mol. The molecule has 1 N–H and O–H groups in total. The summed E-state index contributed by atoms with van der Waals surface area (Å²) in [7, 11) is 0. The van der Waals surface area contributed by atoms with Crippen LogP contribution in [-0.2, 0) is 4.79 Å². The van der Waals surface area contributed by atoms with E-state index in [1.54, 1.807) is 0 Å². The first kappa shape index (κ1) is 13.1.